The summed E-state index contributed by atoms with van der Waals surface area (Å²) in [6.45, 7) is 5.88. The van der Waals surface area contributed by atoms with Gasteiger partial charge in [-0.2, -0.15) is 0 Å². The zero-order valence-corrected chi connectivity index (χ0v) is 12.2. The number of amides is 1. The SMILES string of the molecule is CCCCCC[C@H](NC(=O)[C@H](O)CC(C)C)C(=O)O. The molecule has 0 fully saturated rings. The normalized spacial score (nSPS) is 14.2. The van der Waals surface area contributed by atoms with Crippen LogP contribution in [0.5, 0.6) is 0 Å². The van der Waals surface area contributed by atoms with Crippen molar-refractivity contribution >= 4 is 11.9 Å². The van der Waals surface area contributed by atoms with Crippen molar-refractivity contribution in [2.24, 2.45) is 5.92 Å². The Kier molecular flexibility index (Phi) is 9.21. The fraction of sp³-hybridized carbons (Fsp3) is 0.857. The van der Waals surface area contributed by atoms with Gasteiger partial charge in [-0.1, -0.05) is 46.5 Å². The van der Waals surface area contributed by atoms with E-state index in [9.17, 15) is 14.7 Å². The molecule has 0 unspecified atom stereocenters. The Hall–Kier alpha value is -1.10. The average molecular weight is 273 g/mol. The van der Waals surface area contributed by atoms with Crippen LogP contribution >= 0.6 is 0 Å². The summed E-state index contributed by atoms with van der Waals surface area (Å²) in [5.74, 6) is -1.44. The van der Waals surface area contributed by atoms with Gasteiger partial charge in [0, 0.05) is 0 Å². The molecule has 3 N–H and O–H groups in total. The third-order valence-corrected chi connectivity index (χ3v) is 2.96. The van der Waals surface area contributed by atoms with Gasteiger partial charge in [-0.25, -0.2) is 4.79 Å². The maximum Gasteiger partial charge on any atom is 0.326 e. The molecule has 0 radical (unpaired) electrons. The maximum atomic E-state index is 11.7. The second-order valence-corrected chi connectivity index (χ2v) is 5.39. The Labute approximate surface area is 115 Å². The molecule has 112 valence electrons. The lowest BCUT2D eigenvalue weighted by atomic mass is 10.0. The predicted octanol–water partition coefficient (Wildman–Crippen LogP) is 1.93. The molecule has 5 nitrogen and oxygen atoms in total. The van der Waals surface area contributed by atoms with Crippen molar-refractivity contribution in [2.45, 2.75) is 71.4 Å². The lowest BCUT2D eigenvalue weighted by Gasteiger charge is -2.18. The molecule has 2 atom stereocenters. The van der Waals surface area contributed by atoms with Crippen LogP contribution in [0.4, 0.5) is 0 Å². The molecule has 0 heterocycles. The molecule has 0 saturated carbocycles. The highest BCUT2D eigenvalue weighted by Gasteiger charge is 2.23. The van der Waals surface area contributed by atoms with Crippen LogP contribution in [0.25, 0.3) is 0 Å². The molecular formula is C14H27NO4. The molecule has 1 amide bonds. The van der Waals surface area contributed by atoms with Gasteiger partial charge in [0.2, 0.25) is 5.91 Å². The van der Waals surface area contributed by atoms with Crippen LogP contribution in [-0.4, -0.2) is 34.2 Å². The van der Waals surface area contributed by atoms with E-state index in [4.69, 9.17) is 5.11 Å². The number of carbonyl (C=O) groups excluding carboxylic acids is 1. The number of aliphatic hydroxyl groups is 1. The van der Waals surface area contributed by atoms with E-state index in [0.29, 0.717) is 12.8 Å². The number of aliphatic hydroxyl groups excluding tert-OH is 1. The molecule has 19 heavy (non-hydrogen) atoms. The highest BCUT2D eigenvalue weighted by molar-refractivity contribution is 5.86. The van der Waals surface area contributed by atoms with Crippen molar-refractivity contribution in [1.82, 2.24) is 5.32 Å². The van der Waals surface area contributed by atoms with E-state index in [1.54, 1.807) is 0 Å². The van der Waals surface area contributed by atoms with E-state index in [0.717, 1.165) is 25.7 Å². The summed E-state index contributed by atoms with van der Waals surface area (Å²) >= 11 is 0. The van der Waals surface area contributed by atoms with Crippen LogP contribution in [0.15, 0.2) is 0 Å². The third kappa shape index (κ3) is 8.59. The third-order valence-electron chi connectivity index (χ3n) is 2.96. The summed E-state index contributed by atoms with van der Waals surface area (Å²) in [4.78, 5) is 22.7. The summed E-state index contributed by atoms with van der Waals surface area (Å²) in [7, 11) is 0. The van der Waals surface area contributed by atoms with E-state index < -0.39 is 24.0 Å². The van der Waals surface area contributed by atoms with Crippen molar-refractivity contribution in [2.75, 3.05) is 0 Å². The number of carboxylic acids is 1. The van der Waals surface area contributed by atoms with Gasteiger partial charge in [0.15, 0.2) is 0 Å². The van der Waals surface area contributed by atoms with Crippen LogP contribution in [0.1, 0.15) is 59.3 Å². The minimum Gasteiger partial charge on any atom is -0.480 e. The van der Waals surface area contributed by atoms with Crippen LogP contribution in [0.3, 0.4) is 0 Å². The summed E-state index contributed by atoms with van der Waals surface area (Å²) in [5.41, 5.74) is 0. The van der Waals surface area contributed by atoms with Crippen LogP contribution in [0, 0.1) is 5.92 Å². The zero-order valence-electron chi connectivity index (χ0n) is 12.2. The van der Waals surface area contributed by atoms with Gasteiger partial charge in [-0.05, 0) is 18.8 Å². The van der Waals surface area contributed by atoms with Crippen LogP contribution in [0.2, 0.25) is 0 Å². The summed E-state index contributed by atoms with van der Waals surface area (Å²) in [6, 6.07) is -0.897. The first-order valence-electron chi connectivity index (χ1n) is 7.09. The zero-order chi connectivity index (χ0) is 14.8. The molecule has 0 aliphatic carbocycles. The first kappa shape index (κ1) is 17.9. The molecule has 0 rings (SSSR count). The van der Waals surface area contributed by atoms with Crippen molar-refractivity contribution < 1.29 is 19.8 Å². The van der Waals surface area contributed by atoms with Crippen molar-refractivity contribution in [3.63, 3.8) is 0 Å². The minimum absolute atomic E-state index is 0.189. The molecule has 0 aliphatic heterocycles. The summed E-state index contributed by atoms with van der Waals surface area (Å²) in [6.07, 6.45) is 3.50. The number of rotatable bonds is 10. The van der Waals surface area contributed by atoms with E-state index in [1.165, 1.54) is 0 Å². The Morgan fingerprint density at radius 1 is 1.16 bits per heavy atom. The smallest absolute Gasteiger partial charge is 0.326 e. The average Bonchev–Trinajstić information content (AvgIpc) is 2.31. The van der Waals surface area contributed by atoms with Crippen molar-refractivity contribution in [3.05, 3.63) is 0 Å². The van der Waals surface area contributed by atoms with Gasteiger partial charge in [-0.3, -0.25) is 4.79 Å². The molecule has 0 aliphatic rings. The van der Waals surface area contributed by atoms with E-state index in [1.807, 2.05) is 13.8 Å². The van der Waals surface area contributed by atoms with Crippen LogP contribution in [-0.2, 0) is 9.59 Å². The molecule has 0 spiro atoms. The number of hydrogen-bond donors (Lipinski definition) is 3. The summed E-state index contributed by atoms with van der Waals surface area (Å²) in [5, 5.41) is 21.1. The Morgan fingerprint density at radius 2 is 1.79 bits per heavy atom. The fourth-order valence-corrected chi connectivity index (χ4v) is 1.85. The Morgan fingerprint density at radius 3 is 2.26 bits per heavy atom. The topological polar surface area (TPSA) is 86.6 Å². The van der Waals surface area contributed by atoms with E-state index in [2.05, 4.69) is 12.2 Å². The van der Waals surface area contributed by atoms with Gasteiger partial charge in [0.1, 0.15) is 12.1 Å². The van der Waals surface area contributed by atoms with E-state index >= 15 is 0 Å². The quantitative estimate of drug-likeness (QED) is 0.531. The van der Waals surface area contributed by atoms with Gasteiger partial charge >= 0.3 is 5.97 Å². The number of unbranched alkanes of at least 4 members (excludes halogenated alkanes) is 3. The van der Waals surface area contributed by atoms with Crippen molar-refractivity contribution in [3.8, 4) is 0 Å². The Balaban J connectivity index is 4.18. The molecule has 0 aromatic carbocycles. The predicted molar refractivity (Wildman–Crippen MR) is 73.8 cm³/mol. The molecular weight excluding hydrogens is 246 g/mol. The molecule has 0 aromatic heterocycles. The minimum atomic E-state index is -1.13. The first-order chi connectivity index (χ1) is 8.88. The monoisotopic (exact) mass is 273 g/mol. The van der Waals surface area contributed by atoms with Gasteiger partial charge < -0.3 is 15.5 Å². The number of aliphatic carboxylic acids is 1. The molecule has 0 saturated heterocycles. The fourth-order valence-electron chi connectivity index (χ4n) is 1.85. The number of hydrogen-bond acceptors (Lipinski definition) is 3. The first-order valence-corrected chi connectivity index (χ1v) is 7.09. The maximum absolute atomic E-state index is 11.7. The number of nitrogens with one attached hydrogen (secondary N) is 1. The summed E-state index contributed by atoms with van der Waals surface area (Å²) < 4.78 is 0. The van der Waals surface area contributed by atoms with E-state index in [-0.39, 0.29) is 5.92 Å². The number of carbonyl (C=O) groups is 2. The second kappa shape index (κ2) is 9.78. The van der Waals surface area contributed by atoms with Crippen LogP contribution < -0.4 is 5.32 Å². The van der Waals surface area contributed by atoms with Gasteiger partial charge in [0.05, 0.1) is 0 Å². The highest BCUT2D eigenvalue weighted by Crippen LogP contribution is 2.08. The largest absolute Gasteiger partial charge is 0.480 e. The highest BCUT2D eigenvalue weighted by atomic mass is 16.4. The van der Waals surface area contributed by atoms with Gasteiger partial charge in [0.25, 0.3) is 0 Å². The lowest BCUT2D eigenvalue weighted by Crippen LogP contribution is -2.45. The molecule has 0 bridgehead atoms. The van der Waals surface area contributed by atoms with Crippen molar-refractivity contribution in [1.29, 1.82) is 0 Å². The molecule has 5 heteroatoms. The van der Waals surface area contributed by atoms with Gasteiger partial charge in [-0.15, -0.1) is 0 Å². The molecule has 0 aromatic rings. The lowest BCUT2D eigenvalue weighted by molar-refractivity contribution is -0.143. The Bertz CT molecular complexity index is 279. The second-order valence-electron chi connectivity index (χ2n) is 5.39. The standard InChI is InChI=1S/C14H27NO4/c1-4-5-6-7-8-11(14(18)19)15-13(17)12(16)9-10(2)3/h10-12,16H,4-9H2,1-3H3,(H,15,17)(H,18,19)/t11-,12+/m0/s1. The number of carboxylic acid groups (broad SMARTS) is 1.